The van der Waals surface area contributed by atoms with Crippen molar-refractivity contribution in [3.05, 3.63) is 64.2 Å². The fraction of sp³-hybridized carbons (Fsp3) is 0.440. The third-order valence-corrected chi connectivity index (χ3v) is 6.68. The molecule has 2 aromatic carbocycles. The SMILES string of the molecule is C[C@@H]1[C@@H](O)[C@H](c2ccc(Cl)c(Cc3ccc(OCC#CCOS(C)(=O)=O)cc3)c2)OC(CO)[C@H]1O. The van der Waals surface area contributed by atoms with E-state index in [9.17, 15) is 23.7 Å². The second-order valence-electron chi connectivity index (χ2n) is 8.40. The van der Waals surface area contributed by atoms with Crippen LogP contribution in [-0.4, -0.2) is 68.1 Å². The molecule has 0 radical (unpaired) electrons. The highest BCUT2D eigenvalue weighted by molar-refractivity contribution is 7.86. The molecule has 1 heterocycles. The Morgan fingerprint density at radius 3 is 2.40 bits per heavy atom. The summed E-state index contributed by atoms with van der Waals surface area (Å²) in [5.41, 5.74) is 2.53. The van der Waals surface area contributed by atoms with E-state index in [0.29, 0.717) is 22.8 Å². The van der Waals surface area contributed by atoms with Crippen LogP contribution < -0.4 is 4.74 Å². The predicted octanol–water partition coefficient (Wildman–Crippen LogP) is 2.08. The van der Waals surface area contributed by atoms with Crippen LogP contribution in [-0.2, 0) is 25.5 Å². The third-order valence-electron chi connectivity index (χ3n) is 5.77. The minimum Gasteiger partial charge on any atom is -0.481 e. The standard InChI is InChI=1S/C25H29ClO8S/c1-16-23(28)22(15-27)34-25(24(16)29)18-7-10-21(26)19(14-18)13-17-5-8-20(9-6-17)32-11-3-4-12-33-35(2,30)31/h5-10,14,16,22-25,27-29H,11-13,15H2,1-2H3/t16-,22?,23-,24+,25-/m0/s1. The molecule has 3 N–H and O–H groups in total. The second kappa shape index (κ2) is 12.2. The van der Waals surface area contributed by atoms with E-state index in [1.165, 1.54) is 0 Å². The Labute approximate surface area is 210 Å². The maximum atomic E-state index is 10.9. The fourth-order valence-electron chi connectivity index (χ4n) is 3.78. The van der Waals surface area contributed by atoms with Crippen LogP contribution in [0.4, 0.5) is 0 Å². The Balaban J connectivity index is 1.63. The zero-order valence-corrected chi connectivity index (χ0v) is 21.0. The molecular weight excluding hydrogens is 496 g/mol. The van der Waals surface area contributed by atoms with Gasteiger partial charge in [0.05, 0.1) is 25.1 Å². The molecule has 3 rings (SSSR count). The summed E-state index contributed by atoms with van der Waals surface area (Å²) in [7, 11) is -3.51. The molecule has 0 aliphatic carbocycles. The van der Waals surface area contributed by atoms with Gasteiger partial charge in [-0.05, 0) is 41.3 Å². The number of benzene rings is 2. The van der Waals surface area contributed by atoms with E-state index in [0.717, 1.165) is 17.4 Å². The molecule has 0 saturated carbocycles. The summed E-state index contributed by atoms with van der Waals surface area (Å²) in [5.74, 6) is 5.38. The van der Waals surface area contributed by atoms with Gasteiger partial charge in [0, 0.05) is 10.9 Å². The highest BCUT2D eigenvalue weighted by Gasteiger charge is 2.42. The largest absolute Gasteiger partial charge is 0.481 e. The zero-order chi connectivity index (χ0) is 25.6. The van der Waals surface area contributed by atoms with Crippen LogP contribution in [0.25, 0.3) is 0 Å². The quantitative estimate of drug-likeness (QED) is 0.354. The second-order valence-corrected chi connectivity index (χ2v) is 10.4. The van der Waals surface area contributed by atoms with Gasteiger partial charge in [-0.2, -0.15) is 8.42 Å². The molecule has 1 unspecified atom stereocenters. The average molecular weight is 525 g/mol. The van der Waals surface area contributed by atoms with Crippen LogP contribution in [0.15, 0.2) is 42.5 Å². The van der Waals surface area contributed by atoms with Gasteiger partial charge in [0.25, 0.3) is 10.1 Å². The van der Waals surface area contributed by atoms with Crippen molar-refractivity contribution < 1.29 is 37.4 Å². The topological polar surface area (TPSA) is 123 Å². The Kier molecular flexibility index (Phi) is 9.55. The molecule has 35 heavy (non-hydrogen) atoms. The lowest BCUT2D eigenvalue weighted by atomic mass is 9.84. The van der Waals surface area contributed by atoms with Crippen LogP contribution in [0, 0.1) is 17.8 Å². The van der Waals surface area contributed by atoms with E-state index in [4.69, 9.17) is 21.1 Å². The normalized spacial score (nSPS) is 24.5. The first-order chi connectivity index (χ1) is 16.6. The minimum absolute atomic E-state index is 0.0893. The number of halogens is 1. The molecule has 8 nitrogen and oxygen atoms in total. The summed E-state index contributed by atoms with van der Waals surface area (Å²) < 4.78 is 37.6. The van der Waals surface area contributed by atoms with Gasteiger partial charge in [0.15, 0.2) is 0 Å². The van der Waals surface area contributed by atoms with Crippen LogP contribution in [0.1, 0.15) is 29.7 Å². The van der Waals surface area contributed by atoms with Crippen molar-refractivity contribution in [2.75, 3.05) is 26.1 Å². The average Bonchev–Trinajstić information content (AvgIpc) is 2.82. The first kappa shape index (κ1) is 27.4. The first-order valence-corrected chi connectivity index (χ1v) is 13.2. The van der Waals surface area contributed by atoms with E-state index in [2.05, 4.69) is 16.0 Å². The van der Waals surface area contributed by atoms with Crippen LogP contribution in [0.5, 0.6) is 5.75 Å². The number of rotatable bonds is 8. The van der Waals surface area contributed by atoms with E-state index >= 15 is 0 Å². The molecule has 0 spiro atoms. The summed E-state index contributed by atoms with van der Waals surface area (Å²) in [5, 5.41) is 31.0. The molecule has 2 aromatic rings. The summed E-state index contributed by atoms with van der Waals surface area (Å²) in [6.07, 6.45) is -1.87. The highest BCUT2D eigenvalue weighted by atomic mass is 35.5. The van der Waals surface area contributed by atoms with Gasteiger partial charge in [0.2, 0.25) is 0 Å². The predicted molar refractivity (Wildman–Crippen MR) is 131 cm³/mol. The first-order valence-electron chi connectivity index (χ1n) is 11.0. The monoisotopic (exact) mass is 524 g/mol. The van der Waals surface area contributed by atoms with Gasteiger partial charge in [0.1, 0.15) is 31.2 Å². The Bertz CT molecular complexity index is 1150. The molecule has 0 aromatic heterocycles. The van der Waals surface area contributed by atoms with Gasteiger partial charge in [-0.1, -0.05) is 54.6 Å². The highest BCUT2D eigenvalue weighted by Crippen LogP contribution is 2.37. The zero-order valence-electron chi connectivity index (χ0n) is 19.4. The molecule has 1 aliphatic heterocycles. The lowest BCUT2D eigenvalue weighted by molar-refractivity contribution is -0.207. The van der Waals surface area contributed by atoms with Crippen LogP contribution in [0.2, 0.25) is 5.02 Å². The summed E-state index contributed by atoms with van der Waals surface area (Å²) in [6.45, 7) is 1.25. The van der Waals surface area contributed by atoms with Crippen molar-refractivity contribution in [2.24, 2.45) is 5.92 Å². The number of ether oxygens (including phenoxy) is 2. The summed E-state index contributed by atoms with van der Waals surface area (Å²) >= 11 is 6.43. The molecule has 0 bridgehead atoms. The molecule has 5 atom stereocenters. The third kappa shape index (κ3) is 7.66. The van der Waals surface area contributed by atoms with E-state index in [1.54, 1.807) is 31.2 Å². The Morgan fingerprint density at radius 2 is 1.74 bits per heavy atom. The van der Waals surface area contributed by atoms with Gasteiger partial charge in [-0.3, -0.25) is 4.18 Å². The molecule has 190 valence electrons. The fourth-order valence-corrected chi connectivity index (χ4v) is 4.24. The Morgan fingerprint density at radius 1 is 1.06 bits per heavy atom. The maximum Gasteiger partial charge on any atom is 0.265 e. The molecule has 1 saturated heterocycles. The van der Waals surface area contributed by atoms with Gasteiger partial charge in [-0.25, -0.2) is 0 Å². The lowest BCUT2D eigenvalue weighted by Gasteiger charge is -2.41. The molecule has 1 aliphatic rings. The minimum atomic E-state index is -3.51. The molecule has 0 amide bonds. The van der Waals surface area contributed by atoms with E-state index in [-0.39, 0.29) is 19.8 Å². The molecule has 10 heteroatoms. The van der Waals surface area contributed by atoms with Crippen molar-refractivity contribution in [1.82, 2.24) is 0 Å². The van der Waals surface area contributed by atoms with Crippen molar-refractivity contribution in [2.45, 2.75) is 37.8 Å². The number of aliphatic hydroxyl groups is 3. The van der Waals surface area contributed by atoms with Crippen molar-refractivity contribution >= 4 is 21.7 Å². The van der Waals surface area contributed by atoms with Crippen molar-refractivity contribution in [3.63, 3.8) is 0 Å². The van der Waals surface area contributed by atoms with Gasteiger partial charge >= 0.3 is 0 Å². The summed E-state index contributed by atoms with van der Waals surface area (Å²) in [6, 6.07) is 12.8. The summed E-state index contributed by atoms with van der Waals surface area (Å²) in [4.78, 5) is 0. The smallest absolute Gasteiger partial charge is 0.265 e. The molecule has 1 fully saturated rings. The van der Waals surface area contributed by atoms with Crippen molar-refractivity contribution in [3.8, 4) is 17.6 Å². The van der Waals surface area contributed by atoms with Gasteiger partial charge in [-0.15, -0.1) is 0 Å². The number of hydrogen-bond acceptors (Lipinski definition) is 8. The van der Waals surface area contributed by atoms with Crippen LogP contribution >= 0.6 is 11.6 Å². The van der Waals surface area contributed by atoms with Crippen molar-refractivity contribution in [1.29, 1.82) is 0 Å². The Hall–Kier alpha value is -2.16. The number of hydrogen-bond donors (Lipinski definition) is 3. The van der Waals surface area contributed by atoms with E-state index in [1.807, 2.05) is 18.2 Å². The van der Waals surface area contributed by atoms with E-state index < -0.39 is 40.5 Å². The van der Waals surface area contributed by atoms with Crippen LogP contribution in [0.3, 0.4) is 0 Å². The van der Waals surface area contributed by atoms with Gasteiger partial charge < -0.3 is 24.8 Å². The molecular formula is C25H29ClO8S. The lowest BCUT2D eigenvalue weighted by Crippen LogP contribution is -2.50. The number of aliphatic hydroxyl groups excluding tert-OH is 3. The maximum absolute atomic E-state index is 10.9.